The third-order valence-electron chi connectivity index (χ3n) is 3.70. The van der Waals surface area contributed by atoms with Gasteiger partial charge in [-0.2, -0.15) is 9.98 Å². The predicted molar refractivity (Wildman–Crippen MR) is 80.5 cm³/mol. The van der Waals surface area contributed by atoms with Crippen LogP contribution in [0.1, 0.15) is 38.5 Å². The van der Waals surface area contributed by atoms with E-state index in [2.05, 4.69) is 26.7 Å². The smallest absolute Gasteiger partial charge is 0.207 e. The summed E-state index contributed by atoms with van der Waals surface area (Å²) in [5.41, 5.74) is -1.08. The molecule has 1 aromatic rings. The number of nitrogens with zero attached hydrogens (tertiary/aromatic N) is 1. The second kappa shape index (κ2) is 6.42. The summed E-state index contributed by atoms with van der Waals surface area (Å²) in [6.07, 6.45) is 4.59. The Hall–Kier alpha value is -0.970. The predicted octanol–water partition coefficient (Wildman–Crippen LogP) is 3.48. The van der Waals surface area contributed by atoms with Crippen LogP contribution in [0, 0.1) is 17.1 Å². The van der Waals surface area contributed by atoms with E-state index in [9.17, 15) is 18.1 Å². The number of nitrogens with one attached hydrogen (secondary N) is 1. The molecule has 1 aromatic carbocycles. The van der Waals surface area contributed by atoms with E-state index < -0.39 is 21.4 Å². The molecular weight excluding hydrogens is 359 g/mol. The van der Waals surface area contributed by atoms with Crippen molar-refractivity contribution in [2.75, 3.05) is 0 Å². The number of halogens is 2. The minimum Gasteiger partial charge on any atom is -0.207 e. The second-order valence-electron chi connectivity index (χ2n) is 5.29. The molecule has 1 fully saturated rings. The largest absolute Gasteiger partial charge is 0.242 e. The van der Waals surface area contributed by atoms with Gasteiger partial charge in [-0.1, -0.05) is 25.7 Å². The fourth-order valence-corrected chi connectivity index (χ4v) is 4.16. The first kappa shape index (κ1) is 16.4. The Kier molecular flexibility index (Phi) is 5.02. The standard InChI is InChI=1S/C14H16BrFN2O2S/c15-12-6-5-11(9-13(12)16)21(19,20)18-14(10-17)7-3-1-2-4-8-14/h5-6,9,18H,1-4,7-8H2. The average Bonchev–Trinajstić information content (AvgIpc) is 2.67. The summed E-state index contributed by atoms with van der Waals surface area (Å²) >= 11 is 2.99. The van der Waals surface area contributed by atoms with Gasteiger partial charge in [0.2, 0.25) is 10.0 Å². The highest BCUT2D eigenvalue weighted by Crippen LogP contribution is 2.29. The van der Waals surface area contributed by atoms with E-state index in [1.807, 2.05) is 0 Å². The van der Waals surface area contributed by atoms with Gasteiger partial charge in [-0.3, -0.25) is 0 Å². The van der Waals surface area contributed by atoms with Crippen LogP contribution in [0.4, 0.5) is 4.39 Å². The molecule has 1 saturated carbocycles. The van der Waals surface area contributed by atoms with Crippen molar-refractivity contribution in [3.8, 4) is 6.07 Å². The van der Waals surface area contributed by atoms with E-state index in [0.717, 1.165) is 31.7 Å². The SMILES string of the molecule is N#CC1(NS(=O)(=O)c2ccc(Br)c(F)c2)CCCCCC1. The second-order valence-corrected chi connectivity index (χ2v) is 7.83. The average molecular weight is 375 g/mol. The van der Waals surface area contributed by atoms with Gasteiger partial charge >= 0.3 is 0 Å². The van der Waals surface area contributed by atoms with E-state index in [-0.39, 0.29) is 9.37 Å². The van der Waals surface area contributed by atoms with E-state index in [1.54, 1.807) is 0 Å². The molecule has 1 aliphatic carbocycles. The zero-order valence-corrected chi connectivity index (χ0v) is 13.8. The van der Waals surface area contributed by atoms with Gasteiger partial charge in [0.05, 0.1) is 15.4 Å². The van der Waals surface area contributed by atoms with Crippen molar-refractivity contribution < 1.29 is 12.8 Å². The number of benzene rings is 1. The third kappa shape index (κ3) is 3.82. The number of hydrogen-bond acceptors (Lipinski definition) is 3. The summed E-state index contributed by atoms with van der Waals surface area (Å²) in [5, 5.41) is 9.42. The third-order valence-corrected chi connectivity index (χ3v) is 5.88. The van der Waals surface area contributed by atoms with Gasteiger partial charge in [-0.05, 0) is 47.0 Å². The summed E-state index contributed by atoms with van der Waals surface area (Å²) in [6, 6.07) is 5.73. The zero-order chi connectivity index (χ0) is 15.5. The van der Waals surface area contributed by atoms with E-state index in [4.69, 9.17) is 0 Å². The lowest BCUT2D eigenvalue weighted by Crippen LogP contribution is -2.46. The van der Waals surface area contributed by atoms with E-state index in [0.29, 0.717) is 12.8 Å². The molecule has 1 N–H and O–H groups in total. The minimum absolute atomic E-state index is 0.165. The Bertz CT molecular complexity index is 662. The number of nitriles is 1. The van der Waals surface area contributed by atoms with Crippen LogP contribution in [0.15, 0.2) is 27.6 Å². The summed E-state index contributed by atoms with van der Waals surface area (Å²) in [6.45, 7) is 0. The van der Waals surface area contributed by atoms with Crippen molar-refractivity contribution in [1.29, 1.82) is 5.26 Å². The highest BCUT2D eigenvalue weighted by Gasteiger charge is 2.35. The lowest BCUT2D eigenvalue weighted by Gasteiger charge is -2.26. The van der Waals surface area contributed by atoms with Crippen LogP contribution in [-0.2, 0) is 10.0 Å². The molecule has 0 amide bonds. The van der Waals surface area contributed by atoms with Crippen molar-refractivity contribution in [3.63, 3.8) is 0 Å². The van der Waals surface area contributed by atoms with Crippen LogP contribution >= 0.6 is 15.9 Å². The Morgan fingerprint density at radius 1 is 1.24 bits per heavy atom. The van der Waals surface area contributed by atoms with Gasteiger partial charge in [-0.25, -0.2) is 12.8 Å². The topological polar surface area (TPSA) is 70.0 Å². The van der Waals surface area contributed by atoms with Gasteiger partial charge in [0.15, 0.2) is 0 Å². The fraction of sp³-hybridized carbons (Fsp3) is 0.500. The zero-order valence-electron chi connectivity index (χ0n) is 11.4. The summed E-state index contributed by atoms with van der Waals surface area (Å²) in [4.78, 5) is -0.165. The first-order valence-electron chi connectivity index (χ1n) is 6.79. The normalized spacial score (nSPS) is 18.7. The lowest BCUT2D eigenvalue weighted by atomic mass is 9.94. The maximum absolute atomic E-state index is 13.5. The summed E-state index contributed by atoms with van der Waals surface area (Å²) in [7, 11) is -3.92. The van der Waals surface area contributed by atoms with Crippen LogP contribution in [0.3, 0.4) is 0 Å². The number of rotatable bonds is 3. The minimum atomic E-state index is -3.92. The molecule has 0 saturated heterocycles. The van der Waals surface area contributed by atoms with Crippen LogP contribution in [0.25, 0.3) is 0 Å². The van der Waals surface area contributed by atoms with Crippen LogP contribution in [-0.4, -0.2) is 14.0 Å². The molecule has 2 rings (SSSR count). The van der Waals surface area contributed by atoms with Crippen LogP contribution in [0.5, 0.6) is 0 Å². The Morgan fingerprint density at radius 2 is 1.86 bits per heavy atom. The van der Waals surface area contributed by atoms with Gasteiger partial charge < -0.3 is 0 Å². The van der Waals surface area contributed by atoms with Crippen molar-refractivity contribution in [3.05, 3.63) is 28.5 Å². The Labute approximate surface area is 132 Å². The first-order chi connectivity index (χ1) is 9.88. The molecule has 7 heteroatoms. The summed E-state index contributed by atoms with van der Waals surface area (Å²) in [5.74, 6) is -0.648. The fourth-order valence-electron chi connectivity index (χ4n) is 2.53. The maximum atomic E-state index is 13.5. The Balaban J connectivity index is 2.30. The Morgan fingerprint density at radius 3 is 2.38 bits per heavy atom. The van der Waals surface area contributed by atoms with Gasteiger partial charge in [0.1, 0.15) is 11.4 Å². The maximum Gasteiger partial charge on any atom is 0.242 e. The molecule has 1 aliphatic rings. The van der Waals surface area contributed by atoms with E-state index in [1.165, 1.54) is 12.1 Å². The van der Waals surface area contributed by atoms with Crippen LogP contribution in [0.2, 0.25) is 0 Å². The molecule has 0 bridgehead atoms. The molecule has 114 valence electrons. The van der Waals surface area contributed by atoms with Crippen molar-refractivity contribution >= 4 is 26.0 Å². The van der Waals surface area contributed by atoms with Crippen LogP contribution < -0.4 is 4.72 Å². The van der Waals surface area contributed by atoms with Crippen molar-refractivity contribution in [2.24, 2.45) is 0 Å². The summed E-state index contributed by atoms with van der Waals surface area (Å²) < 4.78 is 41.0. The molecule has 0 aliphatic heterocycles. The molecule has 0 radical (unpaired) electrons. The molecule has 0 unspecified atom stereocenters. The van der Waals surface area contributed by atoms with Gasteiger partial charge in [-0.15, -0.1) is 0 Å². The molecule has 21 heavy (non-hydrogen) atoms. The van der Waals surface area contributed by atoms with Gasteiger partial charge in [0.25, 0.3) is 0 Å². The van der Waals surface area contributed by atoms with E-state index >= 15 is 0 Å². The number of hydrogen-bond donors (Lipinski definition) is 1. The molecule has 0 heterocycles. The van der Waals surface area contributed by atoms with Crippen molar-refractivity contribution in [1.82, 2.24) is 4.72 Å². The molecule has 0 atom stereocenters. The highest BCUT2D eigenvalue weighted by atomic mass is 79.9. The monoisotopic (exact) mass is 374 g/mol. The first-order valence-corrected chi connectivity index (χ1v) is 9.06. The van der Waals surface area contributed by atoms with Gasteiger partial charge in [0, 0.05) is 0 Å². The lowest BCUT2D eigenvalue weighted by molar-refractivity contribution is 0.422. The molecular formula is C14H16BrFN2O2S. The van der Waals surface area contributed by atoms with Crippen molar-refractivity contribution in [2.45, 2.75) is 49.0 Å². The highest BCUT2D eigenvalue weighted by molar-refractivity contribution is 9.10. The quantitative estimate of drug-likeness (QED) is 0.823. The molecule has 0 aromatic heterocycles. The number of sulfonamides is 1. The molecule has 4 nitrogen and oxygen atoms in total. The molecule has 0 spiro atoms.